The summed E-state index contributed by atoms with van der Waals surface area (Å²) >= 11 is 0. The molecule has 0 saturated carbocycles. The number of Topliss-reactive ketones (excluding diaryl/α,β-unsaturated/α-hetero) is 1. The van der Waals surface area contributed by atoms with Crippen LogP contribution in [0.3, 0.4) is 0 Å². The van der Waals surface area contributed by atoms with Crippen LogP contribution in [0.2, 0.25) is 0 Å². The lowest BCUT2D eigenvalue weighted by molar-refractivity contribution is -0.140. The Labute approximate surface area is 151 Å². The highest BCUT2D eigenvalue weighted by Crippen LogP contribution is 2.25. The molecular weight excluding hydrogens is 339 g/mol. The second-order valence-corrected chi connectivity index (χ2v) is 5.39. The molecule has 1 atom stereocenters. The van der Waals surface area contributed by atoms with E-state index in [-0.39, 0.29) is 5.56 Å². The van der Waals surface area contributed by atoms with E-state index in [1.165, 1.54) is 50.5 Å². The van der Waals surface area contributed by atoms with Gasteiger partial charge in [-0.15, -0.1) is 0 Å². The Hall–Kier alpha value is -3.15. The minimum absolute atomic E-state index is 0.271. The van der Waals surface area contributed by atoms with Crippen molar-refractivity contribution in [3.8, 4) is 11.5 Å². The Morgan fingerprint density at radius 1 is 1.04 bits per heavy atom. The number of carbonyl (C=O) groups excluding carboxylic acids is 2. The minimum Gasteiger partial charge on any atom is -0.497 e. The molecule has 26 heavy (non-hydrogen) atoms. The van der Waals surface area contributed by atoms with E-state index < -0.39 is 23.7 Å². The summed E-state index contributed by atoms with van der Waals surface area (Å²) in [6.45, 7) is 1.46. The summed E-state index contributed by atoms with van der Waals surface area (Å²) in [7, 11) is 3.05. The third-order valence-corrected chi connectivity index (χ3v) is 3.63. The number of benzene rings is 2. The smallest absolute Gasteiger partial charge is 0.331 e. The number of hydrogen-bond acceptors (Lipinski definition) is 5. The third-order valence-electron chi connectivity index (χ3n) is 3.63. The molecule has 0 aliphatic heterocycles. The van der Waals surface area contributed by atoms with Gasteiger partial charge >= 0.3 is 5.97 Å². The molecule has 0 bridgehead atoms. The minimum atomic E-state index is -0.990. The lowest BCUT2D eigenvalue weighted by atomic mass is 10.1. The summed E-state index contributed by atoms with van der Waals surface area (Å²) < 4.78 is 28.4. The van der Waals surface area contributed by atoms with Gasteiger partial charge in [0.1, 0.15) is 17.3 Å². The lowest BCUT2D eigenvalue weighted by Gasteiger charge is -2.11. The third kappa shape index (κ3) is 4.92. The maximum Gasteiger partial charge on any atom is 0.331 e. The molecule has 0 heterocycles. The molecule has 0 aliphatic rings. The summed E-state index contributed by atoms with van der Waals surface area (Å²) in [6, 6.07) is 10.2. The molecule has 0 fully saturated rings. The van der Waals surface area contributed by atoms with Crippen LogP contribution in [0.4, 0.5) is 4.39 Å². The zero-order valence-electron chi connectivity index (χ0n) is 14.7. The number of halogens is 1. The maximum absolute atomic E-state index is 12.9. The van der Waals surface area contributed by atoms with Crippen LogP contribution >= 0.6 is 0 Å². The van der Waals surface area contributed by atoms with E-state index in [2.05, 4.69) is 0 Å². The van der Waals surface area contributed by atoms with E-state index in [9.17, 15) is 14.0 Å². The number of esters is 1. The SMILES string of the molecule is COc1ccc(/C=C/C(=O)O[C@H](C)C(=O)c2ccc(F)cc2)c(OC)c1. The fourth-order valence-corrected chi connectivity index (χ4v) is 2.23. The zero-order chi connectivity index (χ0) is 19.1. The predicted octanol–water partition coefficient (Wildman–Crippen LogP) is 3.67. The van der Waals surface area contributed by atoms with Gasteiger partial charge in [0.25, 0.3) is 0 Å². The summed E-state index contributed by atoms with van der Waals surface area (Å²) in [4.78, 5) is 24.1. The first kappa shape index (κ1) is 19.2. The average molecular weight is 358 g/mol. The van der Waals surface area contributed by atoms with Crippen molar-refractivity contribution >= 4 is 17.8 Å². The van der Waals surface area contributed by atoms with Crippen LogP contribution in [0.5, 0.6) is 11.5 Å². The van der Waals surface area contributed by atoms with E-state index >= 15 is 0 Å². The highest BCUT2D eigenvalue weighted by Gasteiger charge is 2.18. The second kappa shape index (κ2) is 8.80. The normalized spacial score (nSPS) is 11.8. The molecule has 0 spiro atoms. The molecule has 0 N–H and O–H groups in total. The van der Waals surface area contributed by atoms with Crippen LogP contribution in [0.15, 0.2) is 48.5 Å². The Morgan fingerprint density at radius 3 is 2.35 bits per heavy atom. The summed E-state index contributed by atoms with van der Waals surface area (Å²) in [6.07, 6.45) is 1.74. The van der Waals surface area contributed by atoms with Crippen LogP contribution in [-0.4, -0.2) is 32.1 Å². The molecule has 136 valence electrons. The first-order chi connectivity index (χ1) is 12.4. The van der Waals surface area contributed by atoms with Crippen LogP contribution in [-0.2, 0) is 9.53 Å². The molecule has 0 aliphatic carbocycles. The summed E-state index contributed by atoms with van der Waals surface area (Å²) in [5.74, 6) is -0.369. The number of hydrogen-bond donors (Lipinski definition) is 0. The number of carbonyl (C=O) groups is 2. The zero-order valence-corrected chi connectivity index (χ0v) is 14.7. The Morgan fingerprint density at radius 2 is 1.73 bits per heavy atom. The molecule has 5 nitrogen and oxygen atoms in total. The van der Waals surface area contributed by atoms with Crippen molar-refractivity contribution in [3.63, 3.8) is 0 Å². The maximum atomic E-state index is 12.9. The standard InChI is InChI=1S/C20H19FO5/c1-13(20(23)15-4-8-16(21)9-5-15)26-19(22)11-7-14-6-10-17(24-2)12-18(14)25-3/h4-13H,1-3H3/b11-7+/t13-/m1/s1. The van der Waals surface area contributed by atoms with Gasteiger partial charge in [0.05, 0.1) is 14.2 Å². The number of ketones is 1. The van der Waals surface area contributed by atoms with Gasteiger partial charge in [-0.25, -0.2) is 9.18 Å². The first-order valence-corrected chi connectivity index (χ1v) is 7.85. The Kier molecular flexibility index (Phi) is 6.49. The molecule has 0 radical (unpaired) electrons. The van der Waals surface area contributed by atoms with Gasteiger partial charge in [0, 0.05) is 23.3 Å². The fourth-order valence-electron chi connectivity index (χ4n) is 2.23. The van der Waals surface area contributed by atoms with Crippen molar-refractivity contribution in [3.05, 3.63) is 65.5 Å². The van der Waals surface area contributed by atoms with Crippen LogP contribution < -0.4 is 9.47 Å². The number of ether oxygens (including phenoxy) is 3. The lowest BCUT2D eigenvalue weighted by Crippen LogP contribution is -2.23. The van der Waals surface area contributed by atoms with Gasteiger partial charge < -0.3 is 14.2 Å². The molecule has 0 aromatic heterocycles. The average Bonchev–Trinajstić information content (AvgIpc) is 2.66. The Bertz CT molecular complexity index is 811. The monoisotopic (exact) mass is 358 g/mol. The fraction of sp³-hybridized carbons (Fsp3) is 0.200. The van der Waals surface area contributed by atoms with Gasteiger partial charge in [0.15, 0.2) is 6.10 Å². The molecule has 0 unspecified atom stereocenters. The molecule has 2 rings (SSSR count). The van der Waals surface area contributed by atoms with Crippen LogP contribution in [0, 0.1) is 5.82 Å². The first-order valence-electron chi connectivity index (χ1n) is 7.85. The van der Waals surface area contributed by atoms with Crippen molar-refractivity contribution in [1.29, 1.82) is 0 Å². The Balaban J connectivity index is 2.02. The summed E-state index contributed by atoms with van der Waals surface area (Å²) in [5, 5.41) is 0. The topological polar surface area (TPSA) is 61.8 Å². The van der Waals surface area contributed by atoms with Crippen molar-refractivity contribution < 1.29 is 28.2 Å². The molecule has 0 amide bonds. The largest absolute Gasteiger partial charge is 0.497 e. The second-order valence-electron chi connectivity index (χ2n) is 5.39. The van der Waals surface area contributed by atoms with E-state index in [0.29, 0.717) is 17.1 Å². The van der Waals surface area contributed by atoms with Gasteiger partial charge in [-0.05, 0) is 49.4 Å². The summed E-state index contributed by atoms with van der Waals surface area (Å²) in [5.41, 5.74) is 0.926. The van der Waals surface area contributed by atoms with Crippen molar-refractivity contribution in [2.45, 2.75) is 13.0 Å². The van der Waals surface area contributed by atoms with Crippen LogP contribution in [0.1, 0.15) is 22.8 Å². The molecule has 2 aromatic carbocycles. The highest BCUT2D eigenvalue weighted by molar-refractivity contribution is 6.01. The van der Waals surface area contributed by atoms with Gasteiger partial charge in [-0.1, -0.05) is 0 Å². The molecule has 6 heteroatoms. The molecule has 2 aromatic rings. The number of methoxy groups -OCH3 is 2. The van der Waals surface area contributed by atoms with E-state index in [1.807, 2.05) is 0 Å². The van der Waals surface area contributed by atoms with Crippen molar-refractivity contribution in [1.82, 2.24) is 0 Å². The van der Waals surface area contributed by atoms with Crippen LogP contribution in [0.25, 0.3) is 6.08 Å². The number of rotatable bonds is 7. The van der Waals surface area contributed by atoms with Crippen molar-refractivity contribution in [2.75, 3.05) is 14.2 Å². The molecule has 0 saturated heterocycles. The van der Waals surface area contributed by atoms with Gasteiger partial charge in [-0.3, -0.25) is 4.79 Å². The van der Waals surface area contributed by atoms with Crippen molar-refractivity contribution in [2.24, 2.45) is 0 Å². The van der Waals surface area contributed by atoms with E-state index in [0.717, 1.165) is 0 Å². The van der Waals surface area contributed by atoms with Gasteiger partial charge in [0.2, 0.25) is 5.78 Å². The van der Waals surface area contributed by atoms with Gasteiger partial charge in [-0.2, -0.15) is 0 Å². The molecular formula is C20H19FO5. The predicted molar refractivity (Wildman–Crippen MR) is 94.9 cm³/mol. The van der Waals surface area contributed by atoms with E-state index in [4.69, 9.17) is 14.2 Å². The van der Waals surface area contributed by atoms with E-state index in [1.54, 1.807) is 25.3 Å². The quantitative estimate of drug-likeness (QED) is 0.429. The highest BCUT2D eigenvalue weighted by atomic mass is 19.1.